The van der Waals surface area contributed by atoms with E-state index >= 15 is 0 Å². The molecule has 134 valence electrons. The first kappa shape index (κ1) is 15.8. The summed E-state index contributed by atoms with van der Waals surface area (Å²) in [4.78, 5) is 13.8. The van der Waals surface area contributed by atoms with Crippen molar-refractivity contribution in [2.24, 2.45) is 0 Å². The normalized spacial score (nSPS) is 13.1. The van der Waals surface area contributed by atoms with E-state index in [1.807, 2.05) is 36.6 Å². The average Bonchev–Trinajstić information content (AvgIpc) is 3.06. The third kappa shape index (κ3) is 2.70. The summed E-state index contributed by atoms with van der Waals surface area (Å²) < 4.78 is 7.76. The number of imidazole rings is 1. The fourth-order valence-corrected chi connectivity index (χ4v) is 3.62. The van der Waals surface area contributed by atoms with Gasteiger partial charge in [0.25, 0.3) is 0 Å². The molecule has 0 bridgehead atoms. The summed E-state index contributed by atoms with van der Waals surface area (Å²) in [5, 5.41) is 3.41. The maximum absolute atomic E-state index is 5.72. The molecule has 0 radical (unpaired) electrons. The Balaban J connectivity index is 1.78. The third-order valence-electron chi connectivity index (χ3n) is 4.69. The van der Waals surface area contributed by atoms with Crippen LogP contribution in [0.5, 0.6) is 5.75 Å². The zero-order valence-corrected chi connectivity index (χ0v) is 15.2. The molecule has 4 heterocycles. The predicted octanol–water partition coefficient (Wildman–Crippen LogP) is 3.88. The van der Waals surface area contributed by atoms with Crippen molar-refractivity contribution in [1.29, 1.82) is 0 Å². The molecule has 0 saturated heterocycles. The van der Waals surface area contributed by atoms with Crippen LogP contribution in [0, 0.1) is 13.8 Å². The number of aromatic nitrogens is 4. The number of hydrogen-bond donors (Lipinski definition) is 1. The Hall–Kier alpha value is -3.41. The molecule has 3 aromatic heterocycles. The highest BCUT2D eigenvalue weighted by Crippen LogP contribution is 2.37. The van der Waals surface area contributed by atoms with Gasteiger partial charge in [-0.05, 0) is 50.2 Å². The molecule has 0 fully saturated rings. The first-order valence-corrected chi connectivity index (χ1v) is 8.99. The van der Waals surface area contributed by atoms with Crippen molar-refractivity contribution in [2.45, 2.75) is 13.8 Å². The number of aryl methyl sites for hydroxylation is 2. The SMILES string of the molecule is Cc1cc(-c2nc3ncccn3c2-c2ccc3c(c2)NCCO3)cc(C)n1. The lowest BCUT2D eigenvalue weighted by Gasteiger charge is -2.20. The molecule has 0 atom stereocenters. The predicted molar refractivity (Wildman–Crippen MR) is 105 cm³/mol. The third-order valence-corrected chi connectivity index (χ3v) is 4.69. The van der Waals surface area contributed by atoms with Gasteiger partial charge in [-0.25, -0.2) is 9.97 Å². The minimum absolute atomic E-state index is 0.677. The molecule has 6 heteroatoms. The van der Waals surface area contributed by atoms with Crippen LogP contribution in [0.2, 0.25) is 0 Å². The molecule has 0 saturated carbocycles. The first-order valence-electron chi connectivity index (χ1n) is 8.99. The van der Waals surface area contributed by atoms with E-state index in [0.29, 0.717) is 12.4 Å². The number of nitrogens with one attached hydrogen (secondary N) is 1. The molecule has 5 rings (SSSR count). The van der Waals surface area contributed by atoms with Gasteiger partial charge in [0.2, 0.25) is 5.78 Å². The Morgan fingerprint density at radius 3 is 2.74 bits per heavy atom. The summed E-state index contributed by atoms with van der Waals surface area (Å²) in [6, 6.07) is 12.3. The number of nitrogens with zero attached hydrogens (tertiary/aromatic N) is 4. The maximum atomic E-state index is 5.72. The van der Waals surface area contributed by atoms with Crippen LogP contribution in [0.4, 0.5) is 5.69 Å². The Kier molecular flexibility index (Phi) is 3.57. The number of hydrogen-bond acceptors (Lipinski definition) is 5. The second kappa shape index (κ2) is 6.09. The van der Waals surface area contributed by atoms with Crippen LogP contribution in [0.3, 0.4) is 0 Å². The zero-order valence-electron chi connectivity index (χ0n) is 15.2. The summed E-state index contributed by atoms with van der Waals surface area (Å²) in [6.45, 7) is 5.50. The lowest BCUT2D eigenvalue weighted by Crippen LogP contribution is -2.17. The Morgan fingerprint density at radius 2 is 1.89 bits per heavy atom. The standard InChI is InChI=1S/C21H19N5O/c1-13-10-16(11-14(2)24-13)19-20(26-8-3-6-23-21(26)25-19)15-4-5-18-17(12-15)22-7-9-27-18/h3-6,8,10-12,22H,7,9H2,1-2H3. The average molecular weight is 357 g/mol. The van der Waals surface area contributed by atoms with Crippen molar-refractivity contribution >= 4 is 11.5 Å². The summed E-state index contributed by atoms with van der Waals surface area (Å²) in [5.74, 6) is 1.56. The number of fused-ring (bicyclic) bond motifs is 2. The second-order valence-corrected chi connectivity index (χ2v) is 6.72. The van der Waals surface area contributed by atoms with Crippen LogP contribution in [-0.4, -0.2) is 32.5 Å². The van der Waals surface area contributed by atoms with E-state index in [4.69, 9.17) is 9.72 Å². The fraction of sp³-hybridized carbons (Fsp3) is 0.190. The zero-order chi connectivity index (χ0) is 18.4. The van der Waals surface area contributed by atoms with Crippen LogP contribution in [-0.2, 0) is 0 Å². The minimum Gasteiger partial charge on any atom is -0.490 e. The topological polar surface area (TPSA) is 64.3 Å². The van der Waals surface area contributed by atoms with Gasteiger partial charge in [-0.3, -0.25) is 9.38 Å². The van der Waals surface area contributed by atoms with E-state index < -0.39 is 0 Å². The van der Waals surface area contributed by atoms with Gasteiger partial charge in [-0.2, -0.15) is 0 Å². The molecular formula is C21H19N5O. The fourth-order valence-electron chi connectivity index (χ4n) is 3.62. The first-order chi connectivity index (χ1) is 13.2. The number of benzene rings is 1. The van der Waals surface area contributed by atoms with E-state index in [2.05, 4.69) is 39.6 Å². The van der Waals surface area contributed by atoms with Crippen LogP contribution in [0.1, 0.15) is 11.4 Å². The van der Waals surface area contributed by atoms with Gasteiger partial charge >= 0.3 is 0 Å². The Bertz CT molecular complexity index is 1140. The van der Waals surface area contributed by atoms with Gasteiger partial charge in [0, 0.05) is 41.5 Å². The number of anilines is 1. The molecule has 0 aliphatic carbocycles. The van der Waals surface area contributed by atoms with Crippen molar-refractivity contribution in [3.8, 4) is 28.3 Å². The summed E-state index contributed by atoms with van der Waals surface area (Å²) in [5.41, 5.74) is 6.97. The van der Waals surface area contributed by atoms with Crippen molar-refractivity contribution in [3.63, 3.8) is 0 Å². The molecule has 1 aromatic carbocycles. The van der Waals surface area contributed by atoms with Gasteiger partial charge in [-0.15, -0.1) is 0 Å². The van der Waals surface area contributed by atoms with E-state index in [1.54, 1.807) is 6.20 Å². The minimum atomic E-state index is 0.677. The van der Waals surface area contributed by atoms with E-state index in [0.717, 1.165) is 51.9 Å². The number of pyridine rings is 1. The van der Waals surface area contributed by atoms with Crippen molar-refractivity contribution in [2.75, 3.05) is 18.5 Å². The number of ether oxygens (including phenoxy) is 1. The smallest absolute Gasteiger partial charge is 0.234 e. The van der Waals surface area contributed by atoms with Crippen LogP contribution in [0.25, 0.3) is 28.3 Å². The van der Waals surface area contributed by atoms with Crippen molar-refractivity contribution < 1.29 is 4.74 Å². The lowest BCUT2D eigenvalue weighted by atomic mass is 10.0. The molecule has 0 spiro atoms. The van der Waals surface area contributed by atoms with Gasteiger partial charge in [-0.1, -0.05) is 0 Å². The molecule has 0 amide bonds. The van der Waals surface area contributed by atoms with Crippen molar-refractivity contribution in [3.05, 3.63) is 60.2 Å². The molecule has 0 unspecified atom stereocenters. The van der Waals surface area contributed by atoms with Crippen LogP contribution in [0.15, 0.2) is 48.8 Å². The summed E-state index contributed by atoms with van der Waals surface area (Å²) >= 11 is 0. The molecule has 1 aliphatic rings. The molecule has 27 heavy (non-hydrogen) atoms. The monoisotopic (exact) mass is 357 g/mol. The second-order valence-electron chi connectivity index (χ2n) is 6.72. The quantitative estimate of drug-likeness (QED) is 0.590. The van der Waals surface area contributed by atoms with Crippen LogP contribution < -0.4 is 10.1 Å². The molecule has 4 aromatic rings. The Labute approximate surface area is 156 Å². The largest absolute Gasteiger partial charge is 0.490 e. The van der Waals surface area contributed by atoms with Gasteiger partial charge in [0.05, 0.1) is 17.1 Å². The highest BCUT2D eigenvalue weighted by Gasteiger charge is 2.19. The van der Waals surface area contributed by atoms with Crippen LogP contribution >= 0.6 is 0 Å². The van der Waals surface area contributed by atoms with Gasteiger partial charge < -0.3 is 10.1 Å². The lowest BCUT2D eigenvalue weighted by molar-refractivity contribution is 0.323. The van der Waals surface area contributed by atoms with E-state index in [-0.39, 0.29) is 0 Å². The van der Waals surface area contributed by atoms with E-state index in [1.165, 1.54) is 0 Å². The highest BCUT2D eigenvalue weighted by molar-refractivity contribution is 5.83. The Morgan fingerprint density at radius 1 is 1.04 bits per heavy atom. The van der Waals surface area contributed by atoms with Gasteiger partial charge in [0.15, 0.2) is 0 Å². The van der Waals surface area contributed by atoms with Crippen molar-refractivity contribution in [1.82, 2.24) is 19.4 Å². The highest BCUT2D eigenvalue weighted by atomic mass is 16.5. The maximum Gasteiger partial charge on any atom is 0.234 e. The molecular weight excluding hydrogens is 338 g/mol. The summed E-state index contributed by atoms with van der Waals surface area (Å²) in [7, 11) is 0. The number of rotatable bonds is 2. The van der Waals surface area contributed by atoms with E-state index in [9.17, 15) is 0 Å². The molecule has 1 N–H and O–H groups in total. The molecule has 1 aliphatic heterocycles. The molecule has 6 nitrogen and oxygen atoms in total. The summed E-state index contributed by atoms with van der Waals surface area (Å²) in [6.07, 6.45) is 3.76. The van der Waals surface area contributed by atoms with Gasteiger partial charge in [0.1, 0.15) is 12.4 Å².